The Labute approximate surface area is 181 Å². The van der Waals surface area contributed by atoms with Crippen LogP contribution in [0.1, 0.15) is 41.0 Å². The van der Waals surface area contributed by atoms with E-state index in [1.807, 2.05) is 24.3 Å². The zero-order valence-corrected chi connectivity index (χ0v) is 17.3. The number of aromatic nitrogens is 1. The Balaban J connectivity index is 1.43. The molecule has 0 spiro atoms. The summed E-state index contributed by atoms with van der Waals surface area (Å²) in [6.07, 6.45) is 3.90. The van der Waals surface area contributed by atoms with E-state index in [0.717, 1.165) is 35.3 Å². The van der Waals surface area contributed by atoms with Gasteiger partial charge in [-0.05, 0) is 65.3 Å². The van der Waals surface area contributed by atoms with Crippen molar-refractivity contribution in [3.63, 3.8) is 0 Å². The fourth-order valence-electron chi connectivity index (χ4n) is 4.12. The summed E-state index contributed by atoms with van der Waals surface area (Å²) in [7, 11) is 0. The number of hydrogen-bond donors (Lipinski definition) is 2. The molecule has 3 aromatic rings. The van der Waals surface area contributed by atoms with Crippen molar-refractivity contribution in [2.75, 3.05) is 13.2 Å². The molecule has 1 atom stereocenters. The summed E-state index contributed by atoms with van der Waals surface area (Å²) in [6, 6.07) is 19.6. The summed E-state index contributed by atoms with van der Waals surface area (Å²) in [6.45, 7) is 1.08. The van der Waals surface area contributed by atoms with Gasteiger partial charge in [0.2, 0.25) is 0 Å². The highest BCUT2D eigenvalue weighted by Gasteiger charge is 2.24. The van der Waals surface area contributed by atoms with Crippen molar-refractivity contribution in [2.24, 2.45) is 4.99 Å². The molecule has 1 aliphatic rings. The molecule has 1 heterocycles. The lowest BCUT2D eigenvalue weighted by atomic mass is 9.89. The molecule has 0 radical (unpaired) electrons. The van der Waals surface area contributed by atoms with Gasteiger partial charge in [-0.15, -0.1) is 0 Å². The predicted octanol–water partition coefficient (Wildman–Crippen LogP) is 3.80. The normalized spacial score (nSPS) is 15.6. The molecule has 2 N–H and O–H groups in total. The lowest BCUT2D eigenvalue weighted by Crippen LogP contribution is -2.17. The van der Waals surface area contributed by atoms with Gasteiger partial charge in [0.15, 0.2) is 5.49 Å². The van der Waals surface area contributed by atoms with Gasteiger partial charge in [0.05, 0.1) is 13.0 Å². The number of pyridine rings is 1. The first-order chi connectivity index (χ1) is 15.1. The third kappa shape index (κ3) is 5.15. The third-order valence-electron chi connectivity index (χ3n) is 5.60. The van der Waals surface area contributed by atoms with Gasteiger partial charge in [0, 0.05) is 19.2 Å². The van der Waals surface area contributed by atoms with Crippen molar-refractivity contribution >= 4 is 5.97 Å². The van der Waals surface area contributed by atoms with Crippen LogP contribution in [0.2, 0.25) is 0 Å². The summed E-state index contributed by atoms with van der Waals surface area (Å²) in [5.74, 6) is 0.0243. The maximum atomic E-state index is 11.4. The van der Waals surface area contributed by atoms with Crippen molar-refractivity contribution in [1.29, 1.82) is 0 Å². The van der Waals surface area contributed by atoms with E-state index in [2.05, 4.69) is 29.3 Å². The summed E-state index contributed by atoms with van der Waals surface area (Å²) in [4.78, 5) is 15.8. The Kier molecular flexibility index (Phi) is 6.36. The molecule has 1 aromatic heterocycles. The molecule has 2 aromatic carbocycles. The predicted molar refractivity (Wildman–Crippen MR) is 117 cm³/mol. The Morgan fingerprint density at radius 2 is 1.90 bits per heavy atom. The molecular weight excluding hydrogens is 392 g/mol. The first-order valence-corrected chi connectivity index (χ1v) is 10.5. The van der Waals surface area contributed by atoms with E-state index in [1.165, 1.54) is 16.7 Å². The van der Waals surface area contributed by atoms with Gasteiger partial charge in [-0.25, -0.2) is 0 Å². The number of fused-ring (bicyclic) bond motifs is 2. The number of hydrogen-bond acceptors (Lipinski definition) is 4. The molecule has 0 bridgehead atoms. The molecule has 1 aliphatic carbocycles. The van der Waals surface area contributed by atoms with Gasteiger partial charge < -0.3 is 15.1 Å². The number of ether oxygens (including phenoxy) is 1. The minimum Gasteiger partial charge on any atom is -0.494 e. The first kappa shape index (κ1) is 20.7. The molecule has 160 valence electrons. The van der Waals surface area contributed by atoms with Crippen LogP contribution in [0.5, 0.6) is 5.75 Å². The molecule has 0 amide bonds. The van der Waals surface area contributed by atoms with Crippen LogP contribution in [0, 0.1) is 0 Å². The molecule has 0 aliphatic heterocycles. The number of aliphatic carboxylic acids is 1. The van der Waals surface area contributed by atoms with Gasteiger partial charge in [-0.2, -0.15) is 4.73 Å². The zero-order chi connectivity index (χ0) is 21.6. The number of rotatable bonds is 7. The van der Waals surface area contributed by atoms with E-state index in [0.29, 0.717) is 18.6 Å². The Bertz CT molecular complexity index is 1140. The monoisotopic (exact) mass is 418 g/mol. The standard InChI is InChI=1S/C25H26N2O4/c28-25(29)17-21-14-18-9-10-22(16-20(18)15-19-6-1-2-7-23(19)21)31-13-5-11-26-24-8-3-4-12-27(24)30/h1-4,6-10,12,16,21,30H,5,11,13-15,17H2,(H,28,29)/t21-/m1/s1. The van der Waals surface area contributed by atoms with Gasteiger partial charge in [-0.3, -0.25) is 9.79 Å². The fraction of sp³-hybridized carbons (Fsp3) is 0.280. The van der Waals surface area contributed by atoms with E-state index in [9.17, 15) is 15.1 Å². The second-order valence-corrected chi connectivity index (χ2v) is 7.79. The smallest absolute Gasteiger partial charge is 0.303 e. The van der Waals surface area contributed by atoms with Crippen LogP contribution in [0.25, 0.3) is 0 Å². The van der Waals surface area contributed by atoms with Crippen LogP contribution in [-0.2, 0) is 17.6 Å². The molecule has 0 saturated carbocycles. The van der Waals surface area contributed by atoms with Gasteiger partial charge in [-0.1, -0.05) is 36.4 Å². The van der Waals surface area contributed by atoms with Gasteiger partial charge >= 0.3 is 5.97 Å². The Morgan fingerprint density at radius 1 is 1.06 bits per heavy atom. The largest absolute Gasteiger partial charge is 0.494 e. The van der Waals surface area contributed by atoms with Gasteiger partial charge in [0.1, 0.15) is 5.75 Å². The molecule has 6 nitrogen and oxygen atoms in total. The van der Waals surface area contributed by atoms with Crippen LogP contribution in [-0.4, -0.2) is 34.2 Å². The molecule has 31 heavy (non-hydrogen) atoms. The van der Waals surface area contributed by atoms with Crippen molar-refractivity contribution in [1.82, 2.24) is 4.73 Å². The van der Waals surface area contributed by atoms with Crippen LogP contribution in [0.15, 0.2) is 71.9 Å². The lowest BCUT2D eigenvalue weighted by molar-refractivity contribution is -0.137. The second kappa shape index (κ2) is 9.51. The summed E-state index contributed by atoms with van der Waals surface area (Å²) >= 11 is 0. The second-order valence-electron chi connectivity index (χ2n) is 7.79. The quantitative estimate of drug-likeness (QED) is 0.452. The zero-order valence-electron chi connectivity index (χ0n) is 17.3. The summed E-state index contributed by atoms with van der Waals surface area (Å²) < 4.78 is 6.94. The third-order valence-corrected chi connectivity index (χ3v) is 5.60. The number of carbonyl (C=O) groups is 1. The summed E-state index contributed by atoms with van der Waals surface area (Å²) in [5, 5.41) is 19.0. The highest BCUT2D eigenvalue weighted by Crippen LogP contribution is 2.35. The average Bonchev–Trinajstić information content (AvgIpc) is 2.90. The minimum atomic E-state index is -0.768. The first-order valence-electron chi connectivity index (χ1n) is 10.5. The molecule has 0 fully saturated rings. The van der Waals surface area contributed by atoms with Crippen LogP contribution >= 0.6 is 0 Å². The minimum absolute atomic E-state index is 0.0180. The van der Waals surface area contributed by atoms with E-state index >= 15 is 0 Å². The van der Waals surface area contributed by atoms with Crippen LogP contribution < -0.4 is 10.2 Å². The molecule has 0 saturated heterocycles. The van der Waals surface area contributed by atoms with Crippen molar-refractivity contribution in [3.05, 3.63) is 94.6 Å². The number of carboxylic acid groups (broad SMARTS) is 1. The van der Waals surface area contributed by atoms with Crippen molar-refractivity contribution in [2.45, 2.75) is 31.6 Å². The highest BCUT2D eigenvalue weighted by atomic mass is 16.5. The fourth-order valence-corrected chi connectivity index (χ4v) is 4.12. The van der Waals surface area contributed by atoms with Crippen molar-refractivity contribution in [3.8, 4) is 5.75 Å². The highest BCUT2D eigenvalue weighted by molar-refractivity contribution is 5.68. The number of benzene rings is 2. The van der Waals surface area contributed by atoms with E-state index in [4.69, 9.17) is 4.74 Å². The van der Waals surface area contributed by atoms with E-state index in [1.54, 1.807) is 18.3 Å². The van der Waals surface area contributed by atoms with E-state index < -0.39 is 5.97 Å². The van der Waals surface area contributed by atoms with Crippen LogP contribution in [0.3, 0.4) is 0 Å². The lowest BCUT2D eigenvalue weighted by Gasteiger charge is -2.16. The molecule has 4 rings (SSSR count). The van der Waals surface area contributed by atoms with Crippen molar-refractivity contribution < 1.29 is 19.8 Å². The Morgan fingerprint density at radius 3 is 2.74 bits per heavy atom. The summed E-state index contributed by atoms with van der Waals surface area (Å²) in [5.41, 5.74) is 5.20. The molecule has 0 unspecified atom stereocenters. The topological polar surface area (TPSA) is 84.0 Å². The number of carboxylic acids is 1. The maximum Gasteiger partial charge on any atom is 0.303 e. The average molecular weight is 418 g/mol. The van der Waals surface area contributed by atoms with Crippen LogP contribution in [0.4, 0.5) is 0 Å². The molecular formula is C25H26N2O4. The Hall–Kier alpha value is -3.54. The SMILES string of the molecule is O=C(O)C[C@H]1Cc2ccc(OCCCN=c3ccccn3O)cc2Cc2ccccc21. The van der Waals surface area contributed by atoms with Gasteiger partial charge in [0.25, 0.3) is 0 Å². The number of nitrogens with zero attached hydrogens (tertiary/aromatic N) is 2. The van der Waals surface area contributed by atoms with E-state index in [-0.39, 0.29) is 12.3 Å². The maximum absolute atomic E-state index is 11.4. The molecule has 6 heteroatoms.